The molecule has 0 unspecified atom stereocenters. The zero-order chi connectivity index (χ0) is 26.2. The van der Waals surface area contributed by atoms with E-state index in [0.29, 0.717) is 25.8 Å². The van der Waals surface area contributed by atoms with E-state index in [-0.39, 0.29) is 24.3 Å². The lowest BCUT2D eigenvalue weighted by atomic mass is 10.0. The van der Waals surface area contributed by atoms with Crippen molar-refractivity contribution in [2.24, 2.45) is 23.5 Å². The standard InChI is InChI=1S/C23H41N5O6/c1-12(2)10-15(26-22(32)18(24)13(3)4)20(30)25-11-17(29)28-9-7-8-16(28)21(31)27-19(14(5)6)23(33)34/h12-16,18-19H,7-11,24H2,1-6H3,(H,25,30)(H,26,32)(H,27,31)(H,33,34)/t15-,16-,18-,19-/m0/s1. The van der Waals surface area contributed by atoms with Gasteiger partial charge >= 0.3 is 5.97 Å². The molecular weight excluding hydrogens is 442 g/mol. The summed E-state index contributed by atoms with van der Waals surface area (Å²) in [5.41, 5.74) is 5.88. The Labute approximate surface area is 201 Å². The zero-order valence-corrected chi connectivity index (χ0v) is 21.1. The van der Waals surface area contributed by atoms with Crippen molar-refractivity contribution in [2.45, 2.75) is 85.0 Å². The molecule has 11 nitrogen and oxygen atoms in total. The smallest absolute Gasteiger partial charge is 0.326 e. The van der Waals surface area contributed by atoms with Gasteiger partial charge in [0.25, 0.3) is 0 Å². The minimum Gasteiger partial charge on any atom is -0.480 e. The third kappa shape index (κ3) is 8.58. The van der Waals surface area contributed by atoms with Gasteiger partial charge in [0.2, 0.25) is 23.6 Å². The highest BCUT2D eigenvalue weighted by molar-refractivity contribution is 5.94. The molecule has 1 aliphatic heterocycles. The highest BCUT2D eigenvalue weighted by Gasteiger charge is 2.36. The molecule has 34 heavy (non-hydrogen) atoms. The lowest BCUT2D eigenvalue weighted by Gasteiger charge is -2.27. The second-order valence-electron chi connectivity index (χ2n) is 9.99. The highest BCUT2D eigenvalue weighted by Crippen LogP contribution is 2.18. The van der Waals surface area contributed by atoms with Gasteiger partial charge in [-0.2, -0.15) is 0 Å². The fourth-order valence-corrected chi connectivity index (χ4v) is 3.76. The van der Waals surface area contributed by atoms with Gasteiger partial charge in [-0.05, 0) is 37.0 Å². The number of rotatable bonds is 12. The first kappa shape index (κ1) is 29.3. The van der Waals surface area contributed by atoms with E-state index in [1.165, 1.54) is 4.90 Å². The largest absolute Gasteiger partial charge is 0.480 e. The summed E-state index contributed by atoms with van der Waals surface area (Å²) in [5, 5.41) is 17.1. The summed E-state index contributed by atoms with van der Waals surface area (Å²) in [6.45, 7) is 10.8. The average Bonchev–Trinajstić information content (AvgIpc) is 3.23. The van der Waals surface area contributed by atoms with Crippen molar-refractivity contribution in [1.82, 2.24) is 20.9 Å². The summed E-state index contributed by atoms with van der Waals surface area (Å²) in [6.07, 6.45) is 1.38. The average molecular weight is 484 g/mol. The predicted molar refractivity (Wildman–Crippen MR) is 126 cm³/mol. The maximum absolute atomic E-state index is 12.8. The van der Waals surface area contributed by atoms with Crippen molar-refractivity contribution in [3.8, 4) is 0 Å². The summed E-state index contributed by atoms with van der Waals surface area (Å²) >= 11 is 0. The van der Waals surface area contributed by atoms with Crippen LogP contribution in [0.2, 0.25) is 0 Å². The molecule has 0 aromatic carbocycles. The number of amides is 4. The van der Waals surface area contributed by atoms with E-state index < -0.39 is 53.8 Å². The fourth-order valence-electron chi connectivity index (χ4n) is 3.76. The van der Waals surface area contributed by atoms with Crippen molar-refractivity contribution in [3.05, 3.63) is 0 Å². The van der Waals surface area contributed by atoms with Crippen molar-refractivity contribution in [3.63, 3.8) is 0 Å². The number of nitrogens with two attached hydrogens (primary N) is 1. The van der Waals surface area contributed by atoms with E-state index in [0.717, 1.165) is 0 Å². The summed E-state index contributed by atoms with van der Waals surface area (Å²) in [4.78, 5) is 63.3. The van der Waals surface area contributed by atoms with Crippen LogP contribution in [-0.4, -0.2) is 76.9 Å². The number of carbonyl (C=O) groups excluding carboxylic acids is 4. The van der Waals surface area contributed by atoms with Crippen LogP contribution in [0, 0.1) is 17.8 Å². The van der Waals surface area contributed by atoms with Gasteiger partial charge in [0.1, 0.15) is 18.1 Å². The lowest BCUT2D eigenvalue weighted by molar-refractivity contribution is -0.145. The molecule has 0 radical (unpaired) electrons. The Kier molecular flexibility index (Phi) is 11.4. The molecule has 1 saturated heterocycles. The quantitative estimate of drug-likeness (QED) is 0.256. The van der Waals surface area contributed by atoms with E-state index in [4.69, 9.17) is 5.73 Å². The van der Waals surface area contributed by atoms with Crippen molar-refractivity contribution < 1.29 is 29.1 Å². The highest BCUT2D eigenvalue weighted by atomic mass is 16.4. The summed E-state index contributed by atoms with van der Waals surface area (Å²) in [7, 11) is 0. The SMILES string of the molecule is CC(C)C[C@H](NC(=O)[C@@H](N)C(C)C)C(=O)NCC(=O)N1CCC[C@H]1C(=O)N[C@H](C(=O)O)C(C)C. The van der Waals surface area contributed by atoms with E-state index in [2.05, 4.69) is 16.0 Å². The van der Waals surface area contributed by atoms with Crippen LogP contribution >= 0.6 is 0 Å². The van der Waals surface area contributed by atoms with Crippen molar-refractivity contribution >= 4 is 29.6 Å². The molecular formula is C23H41N5O6. The van der Waals surface area contributed by atoms with Crippen LogP contribution in [0.25, 0.3) is 0 Å². The Morgan fingerprint density at radius 3 is 2.09 bits per heavy atom. The third-order valence-corrected chi connectivity index (χ3v) is 5.88. The van der Waals surface area contributed by atoms with E-state index in [1.54, 1.807) is 13.8 Å². The Balaban J connectivity index is 2.77. The van der Waals surface area contributed by atoms with E-state index >= 15 is 0 Å². The molecule has 1 aliphatic rings. The van der Waals surface area contributed by atoms with Crippen LogP contribution < -0.4 is 21.7 Å². The fraction of sp³-hybridized carbons (Fsp3) is 0.783. The minimum absolute atomic E-state index is 0.0981. The maximum Gasteiger partial charge on any atom is 0.326 e. The Morgan fingerprint density at radius 2 is 1.59 bits per heavy atom. The number of nitrogens with zero attached hydrogens (tertiary/aromatic N) is 1. The van der Waals surface area contributed by atoms with Gasteiger partial charge < -0.3 is 31.7 Å². The van der Waals surface area contributed by atoms with Gasteiger partial charge in [-0.15, -0.1) is 0 Å². The number of nitrogens with one attached hydrogen (secondary N) is 3. The van der Waals surface area contributed by atoms with Gasteiger partial charge in [-0.25, -0.2) is 4.79 Å². The normalized spacial score (nSPS) is 18.5. The lowest BCUT2D eigenvalue weighted by Crippen LogP contribution is -2.56. The van der Waals surface area contributed by atoms with Crippen LogP contribution in [0.1, 0.15) is 60.8 Å². The molecule has 0 aromatic rings. The summed E-state index contributed by atoms with van der Waals surface area (Å²) in [5.74, 6) is -3.35. The summed E-state index contributed by atoms with van der Waals surface area (Å²) in [6, 6.07) is -3.44. The first-order valence-electron chi connectivity index (χ1n) is 11.9. The van der Waals surface area contributed by atoms with Crippen LogP contribution in [-0.2, 0) is 24.0 Å². The molecule has 4 atom stereocenters. The molecule has 1 rings (SSSR count). The number of hydrogen-bond acceptors (Lipinski definition) is 6. The molecule has 0 aromatic heterocycles. The number of likely N-dealkylation sites (tertiary alicyclic amines) is 1. The van der Waals surface area contributed by atoms with Gasteiger partial charge in [0, 0.05) is 6.54 Å². The van der Waals surface area contributed by atoms with Crippen LogP contribution in [0.4, 0.5) is 0 Å². The third-order valence-electron chi connectivity index (χ3n) is 5.88. The first-order valence-corrected chi connectivity index (χ1v) is 11.9. The maximum atomic E-state index is 12.8. The molecule has 4 amide bonds. The minimum atomic E-state index is -1.14. The molecule has 1 heterocycles. The topological polar surface area (TPSA) is 171 Å². The number of carbonyl (C=O) groups is 5. The van der Waals surface area contributed by atoms with E-state index in [1.807, 2.05) is 27.7 Å². The van der Waals surface area contributed by atoms with Gasteiger partial charge in [0.05, 0.1) is 12.6 Å². The Hall–Kier alpha value is -2.69. The summed E-state index contributed by atoms with van der Waals surface area (Å²) < 4.78 is 0. The second kappa shape index (κ2) is 13.3. The molecule has 11 heteroatoms. The first-order chi connectivity index (χ1) is 15.8. The number of carboxylic acid groups (broad SMARTS) is 1. The van der Waals surface area contributed by atoms with E-state index in [9.17, 15) is 29.1 Å². The van der Waals surface area contributed by atoms with Crippen molar-refractivity contribution in [1.29, 1.82) is 0 Å². The van der Waals surface area contributed by atoms with Crippen LogP contribution in [0.5, 0.6) is 0 Å². The molecule has 0 aliphatic carbocycles. The molecule has 0 spiro atoms. The monoisotopic (exact) mass is 483 g/mol. The number of hydrogen-bond donors (Lipinski definition) is 5. The molecule has 194 valence electrons. The predicted octanol–water partition coefficient (Wildman–Crippen LogP) is -0.167. The Morgan fingerprint density at radius 1 is 0.971 bits per heavy atom. The molecule has 0 bridgehead atoms. The van der Waals surface area contributed by atoms with Crippen LogP contribution in [0.15, 0.2) is 0 Å². The van der Waals surface area contributed by atoms with Gasteiger partial charge in [0.15, 0.2) is 0 Å². The zero-order valence-electron chi connectivity index (χ0n) is 21.1. The van der Waals surface area contributed by atoms with Crippen molar-refractivity contribution in [2.75, 3.05) is 13.1 Å². The van der Waals surface area contributed by atoms with Gasteiger partial charge in [-0.1, -0.05) is 41.5 Å². The number of carboxylic acids is 1. The van der Waals surface area contributed by atoms with Gasteiger partial charge in [-0.3, -0.25) is 19.2 Å². The molecule has 6 N–H and O–H groups in total. The molecule has 0 saturated carbocycles. The van der Waals surface area contributed by atoms with Crippen LogP contribution in [0.3, 0.4) is 0 Å². The number of aliphatic carboxylic acids is 1. The molecule has 1 fully saturated rings. The second-order valence-corrected chi connectivity index (χ2v) is 9.99. The Bertz CT molecular complexity index is 754.